The fourth-order valence-corrected chi connectivity index (χ4v) is 3.77. The maximum atomic E-state index is 12.0. The molecule has 6 nitrogen and oxygen atoms in total. The van der Waals surface area contributed by atoms with Crippen molar-refractivity contribution in [1.82, 2.24) is 0 Å². The van der Waals surface area contributed by atoms with E-state index < -0.39 is 5.41 Å². The molecule has 3 rings (SSSR count). The number of ether oxygens (including phenoxy) is 3. The molecule has 6 heteroatoms. The maximum Gasteiger partial charge on any atom is 0.313 e. The molecule has 0 aliphatic heterocycles. The number of carbonyl (C=O) groups excluding carboxylic acids is 3. The van der Waals surface area contributed by atoms with Crippen LogP contribution in [-0.2, 0) is 19.8 Å². The molecule has 0 atom stereocenters. The molecule has 0 aliphatic rings. The molecule has 3 aromatic rings. The zero-order chi connectivity index (χ0) is 28.0. The van der Waals surface area contributed by atoms with Crippen LogP contribution in [0.5, 0.6) is 17.2 Å². The predicted molar refractivity (Wildman–Crippen MR) is 146 cm³/mol. The average molecular weight is 517 g/mol. The Morgan fingerprint density at radius 2 is 0.684 bits per heavy atom. The zero-order valence-corrected chi connectivity index (χ0v) is 23.1. The molecular weight excluding hydrogens is 480 g/mol. The van der Waals surface area contributed by atoms with E-state index in [4.69, 9.17) is 14.2 Å². The van der Waals surface area contributed by atoms with Crippen LogP contribution in [0, 0.1) is 17.8 Å². The van der Waals surface area contributed by atoms with E-state index in [1.54, 1.807) is 77.9 Å². The van der Waals surface area contributed by atoms with Crippen molar-refractivity contribution in [2.45, 2.75) is 53.9 Å². The lowest BCUT2D eigenvalue weighted by molar-refractivity contribution is -0.138. The zero-order valence-electron chi connectivity index (χ0n) is 23.1. The minimum atomic E-state index is -0.623. The van der Waals surface area contributed by atoms with Crippen molar-refractivity contribution in [3.05, 3.63) is 89.5 Å². The first kappa shape index (κ1) is 28.6. The van der Waals surface area contributed by atoms with E-state index in [0.29, 0.717) is 17.2 Å². The topological polar surface area (TPSA) is 78.9 Å². The van der Waals surface area contributed by atoms with Gasteiger partial charge in [0.05, 0.1) is 17.8 Å². The lowest BCUT2D eigenvalue weighted by Crippen LogP contribution is -2.25. The Labute approximate surface area is 224 Å². The first-order chi connectivity index (χ1) is 17.9. The van der Waals surface area contributed by atoms with Gasteiger partial charge in [-0.1, -0.05) is 77.9 Å². The van der Waals surface area contributed by atoms with E-state index in [1.165, 1.54) is 0 Å². The number of esters is 3. The fraction of sp³-hybridized carbons (Fsp3) is 0.344. The second-order valence-corrected chi connectivity index (χ2v) is 10.4. The van der Waals surface area contributed by atoms with Crippen molar-refractivity contribution in [2.24, 2.45) is 17.8 Å². The molecule has 0 radical (unpaired) electrons. The molecule has 0 bridgehead atoms. The van der Waals surface area contributed by atoms with Crippen LogP contribution in [0.4, 0.5) is 0 Å². The quantitative estimate of drug-likeness (QED) is 0.178. The molecule has 0 aliphatic carbocycles. The van der Waals surface area contributed by atoms with Crippen LogP contribution in [0.3, 0.4) is 0 Å². The second-order valence-electron chi connectivity index (χ2n) is 10.4. The molecular formula is C32H36O6. The molecule has 0 N–H and O–H groups in total. The van der Waals surface area contributed by atoms with Gasteiger partial charge in [0.2, 0.25) is 0 Å². The minimum absolute atomic E-state index is 0.230. The Morgan fingerprint density at radius 3 is 0.868 bits per heavy atom. The number of benzene rings is 3. The van der Waals surface area contributed by atoms with Crippen LogP contribution in [0.1, 0.15) is 65.2 Å². The highest BCUT2D eigenvalue weighted by molar-refractivity contribution is 5.75. The molecule has 0 saturated carbocycles. The molecule has 38 heavy (non-hydrogen) atoms. The van der Waals surface area contributed by atoms with Crippen molar-refractivity contribution >= 4 is 17.9 Å². The molecule has 3 aromatic carbocycles. The van der Waals surface area contributed by atoms with E-state index in [1.807, 2.05) is 36.4 Å². The first-order valence-electron chi connectivity index (χ1n) is 12.9. The Morgan fingerprint density at radius 1 is 0.474 bits per heavy atom. The van der Waals surface area contributed by atoms with E-state index >= 15 is 0 Å². The summed E-state index contributed by atoms with van der Waals surface area (Å²) in [7, 11) is 0. The lowest BCUT2D eigenvalue weighted by Gasteiger charge is -2.32. The molecule has 0 unspecified atom stereocenters. The van der Waals surface area contributed by atoms with E-state index in [0.717, 1.165) is 16.7 Å². The number of carbonyl (C=O) groups is 3. The van der Waals surface area contributed by atoms with E-state index in [2.05, 4.69) is 6.92 Å². The molecule has 0 spiro atoms. The highest BCUT2D eigenvalue weighted by Gasteiger charge is 2.32. The summed E-state index contributed by atoms with van der Waals surface area (Å²) >= 11 is 0. The number of hydrogen-bond acceptors (Lipinski definition) is 6. The summed E-state index contributed by atoms with van der Waals surface area (Å²) in [6.45, 7) is 12.8. The molecule has 0 heterocycles. The summed E-state index contributed by atoms with van der Waals surface area (Å²) in [5.41, 5.74) is 2.25. The monoisotopic (exact) mass is 516 g/mol. The highest BCUT2D eigenvalue weighted by atomic mass is 16.5. The highest BCUT2D eigenvalue weighted by Crippen LogP contribution is 2.40. The first-order valence-corrected chi connectivity index (χ1v) is 12.9. The van der Waals surface area contributed by atoms with Crippen molar-refractivity contribution < 1.29 is 28.6 Å². The third kappa shape index (κ3) is 6.68. The SMILES string of the molecule is CC(C)C(=O)Oc1ccc(C(C)(c2ccc(OC(=O)C(C)C)cc2)c2ccc(OC(=O)C(C)C)cc2)cc1. The predicted octanol–water partition coefficient (Wildman–Crippen LogP) is 6.73. The van der Waals surface area contributed by atoms with Crippen LogP contribution >= 0.6 is 0 Å². The molecule has 0 saturated heterocycles. The van der Waals surface area contributed by atoms with Crippen molar-refractivity contribution in [1.29, 1.82) is 0 Å². The third-order valence-corrected chi connectivity index (χ3v) is 6.36. The number of rotatable bonds is 9. The molecule has 0 fully saturated rings. The largest absolute Gasteiger partial charge is 0.426 e. The van der Waals surface area contributed by atoms with Gasteiger partial charge in [-0.15, -0.1) is 0 Å². The summed E-state index contributed by atoms with van der Waals surface area (Å²) in [6, 6.07) is 22.3. The molecule has 0 aromatic heterocycles. The maximum absolute atomic E-state index is 12.0. The van der Waals surface area contributed by atoms with Gasteiger partial charge in [-0.05, 0) is 60.0 Å². The number of hydrogen-bond donors (Lipinski definition) is 0. The summed E-state index contributed by atoms with van der Waals surface area (Å²) in [4.78, 5) is 36.1. The summed E-state index contributed by atoms with van der Waals surface area (Å²) in [5.74, 6) is -0.148. The van der Waals surface area contributed by atoms with Crippen LogP contribution in [0.25, 0.3) is 0 Å². The normalized spacial score (nSPS) is 11.5. The van der Waals surface area contributed by atoms with Gasteiger partial charge in [0.15, 0.2) is 0 Å². The Kier molecular flexibility index (Phi) is 9.10. The van der Waals surface area contributed by atoms with Gasteiger partial charge in [0, 0.05) is 5.41 Å². The van der Waals surface area contributed by atoms with Gasteiger partial charge in [-0.2, -0.15) is 0 Å². The molecule has 200 valence electrons. The van der Waals surface area contributed by atoms with Crippen LogP contribution in [0.15, 0.2) is 72.8 Å². The van der Waals surface area contributed by atoms with Crippen molar-refractivity contribution in [2.75, 3.05) is 0 Å². The van der Waals surface area contributed by atoms with Gasteiger partial charge in [-0.3, -0.25) is 14.4 Å². The van der Waals surface area contributed by atoms with Crippen molar-refractivity contribution in [3.8, 4) is 17.2 Å². The van der Waals surface area contributed by atoms with Gasteiger partial charge in [0.1, 0.15) is 17.2 Å². The van der Waals surface area contributed by atoms with E-state index in [-0.39, 0.29) is 35.7 Å². The smallest absolute Gasteiger partial charge is 0.313 e. The fourth-order valence-electron chi connectivity index (χ4n) is 3.77. The third-order valence-electron chi connectivity index (χ3n) is 6.36. The van der Waals surface area contributed by atoms with Gasteiger partial charge < -0.3 is 14.2 Å². The minimum Gasteiger partial charge on any atom is -0.426 e. The Balaban J connectivity index is 2.01. The standard InChI is InChI=1S/C32H36O6/c1-20(2)29(33)36-26-14-8-23(9-15-26)32(7,24-10-16-27(17-11-24)37-30(34)21(3)4)25-12-18-28(19-13-25)38-31(35)22(5)6/h8-22H,1-7H3. The summed E-state index contributed by atoms with van der Waals surface area (Å²) in [5, 5.41) is 0. The second kappa shape index (κ2) is 12.1. The van der Waals surface area contributed by atoms with Gasteiger partial charge >= 0.3 is 17.9 Å². The van der Waals surface area contributed by atoms with Crippen LogP contribution < -0.4 is 14.2 Å². The Hall–Kier alpha value is -3.93. The van der Waals surface area contributed by atoms with Gasteiger partial charge in [-0.25, -0.2) is 0 Å². The lowest BCUT2D eigenvalue weighted by atomic mass is 9.71. The van der Waals surface area contributed by atoms with E-state index in [9.17, 15) is 14.4 Å². The molecule has 0 amide bonds. The average Bonchev–Trinajstić information content (AvgIpc) is 2.89. The van der Waals surface area contributed by atoms with Crippen LogP contribution in [-0.4, -0.2) is 17.9 Å². The Bertz CT molecular complexity index is 1090. The van der Waals surface area contributed by atoms with Gasteiger partial charge in [0.25, 0.3) is 0 Å². The van der Waals surface area contributed by atoms with Crippen LogP contribution in [0.2, 0.25) is 0 Å². The summed E-state index contributed by atoms with van der Waals surface area (Å²) < 4.78 is 16.4. The summed E-state index contributed by atoms with van der Waals surface area (Å²) in [6.07, 6.45) is 0. The van der Waals surface area contributed by atoms with Crippen molar-refractivity contribution in [3.63, 3.8) is 0 Å².